The molecule has 1 aliphatic heterocycles. The van der Waals surface area contributed by atoms with Gasteiger partial charge >= 0.3 is 0 Å². The van der Waals surface area contributed by atoms with Crippen molar-refractivity contribution >= 4 is 17.3 Å². The molecule has 0 radical (unpaired) electrons. The first-order valence-electron chi connectivity index (χ1n) is 9.67. The van der Waals surface area contributed by atoms with Crippen LogP contribution in [-0.2, 0) is 0 Å². The minimum absolute atomic E-state index is 0.104. The van der Waals surface area contributed by atoms with Crippen molar-refractivity contribution in [3.05, 3.63) is 88.4 Å². The van der Waals surface area contributed by atoms with Gasteiger partial charge in [0.25, 0.3) is 0 Å². The summed E-state index contributed by atoms with van der Waals surface area (Å²) >= 11 is 6.07. The van der Waals surface area contributed by atoms with E-state index in [1.807, 2.05) is 60.7 Å². The Morgan fingerprint density at radius 3 is 2.40 bits per heavy atom. The number of halogens is 1. The Balaban J connectivity index is 1.77. The number of aliphatic imine (C=N–C) groups is 1. The number of aromatic hydroxyl groups is 1. The van der Waals surface area contributed by atoms with E-state index in [-0.39, 0.29) is 18.0 Å². The van der Waals surface area contributed by atoms with E-state index in [1.54, 1.807) is 20.3 Å². The zero-order valence-corrected chi connectivity index (χ0v) is 17.6. The molecule has 0 fully saturated rings. The molecule has 0 aromatic heterocycles. The van der Waals surface area contributed by atoms with Gasteiger partial charge in [-0.3, -0.25) is 10.3 Å². The van der Waals surface area contributed by atoms with Gasteiger partial charge in [-0.25, -0.2) is 0 Å². The highest BCUT2D eigenvalue weighted by atomic mass is 35.5. The van der Waals surface area contributed by atoms with Gasteiger partial charge in [0.15, 0.2) is 11.5 Å². The molecule has 3 aromatic rings. The summed E-state index contributed by atoms with van der Waals surface area (Å²) in [5.41, 5.74) is 3.71. The number of phenols is 1. The van der Waals surface area contributed by atoms with Crippen LogP contribution in [0.5, 0.6) is 17.2 Å². The second-order valence-corrected chi connectivity index (χ2v) is 7.52. The molecule has 0 spiro atoms. The Bertz CT molecular complexity index is 1070. The highest BCUT2D eigenvalue weighted by molar-refractivity contribution is 6.30. The van der Waals surface area contributed by atoms with E-state index >= 15 is 0 Å². The highest BCUT2D eigenvalue weighted by Crippen LogP contribution is 2.36. The zero-order valence-electron chi connectivity index (χ0n) is 16.8. The molecule has 0 bridgehead atoms. The molecule has 3 aromatic carbocycles. The van der Waals surface area contributed by atoms with Crippen LogP contribution >= 0.6 is 11.6 Å². The standard InChI is InChI=1S/C24H23ClN2O3/c1-29-22-12-9-16(13-23(22)30-2)19-14-20(18-5-3-4-6-21(18)28)27-24(26-19)15-7-10-17(25)11-8-15/h3-13,20,24,27-28H,14H2,1-2H3/t20-,24+/m1/s1. The van der Waals surface area contributed by atoms with E-state index < -0.39 is 0 Å². The molecule has 0 saturated carbocycles. The third-order valence-corrected chi connectivity index (χ3v) is 5.51. The van der Waals surface area contributed by atoms with Crippen molar-refractivity contribution in [1.82, 2.24) is 5.32 Å². The molecule has 6 heteroatoms. The van der Waals surface area contributed by atoms with Crippen LogP contribution in [0.4, 0.5) is 0 Å². The quantitative estimate of drug-likeness (QED) is 0.586. The molecule has 5 nitrogen and oxygen atoms in total. The third kappa shape index (κ3) is 4.13. The summed E-state index contributed by atoms with van der Waals surface area (Å²) in [5, 5.41) is 14.7. The van der Waals surface area contributed by atoms with Gasteiger partial charge in [-0.1, -0.05) is 41.9 Å². The van der Waals surface area contributed by atoms with Crippen LogP contribution in [0.3, 0.4) is 0 Å². The number of nitrogens with one attached hydrogen (secondary N) is 1. The SMILES string of the molecule is COc1ccc(C2=N[C@H](c3ccc(Cl)cc3)N[C@@H](c3ccccc3O)C2)cc1OC. The molecule has 2 atom stereocenters. The van der Waals surface area contributed by atoms with Gasteiger partial charge in [0.2, 0.25) is 0 Å². The number of nitrogens with zero attached hydrogens (tertiary/aromatic N) is 1. The lowest BCUT2D eigenvalue weighted by atomic mass is 9.93. The summed E-state index contributed by atoms with van der Waals surface area (Å²) in [6, 6.07) is 20.7. The fraction of sp³-hybridized carbons (Fsp3) is 0.208. The molecule has 30 heavy (non-hydrogen) atoms. The fourth-order valence-corrected chi connectivity index (χ4v) is 3.82. The van der Waals surface area contributed by atoms with Gasteiger partial charge in [0.05, 0.1) is 14.2 Å². The van der Waals surface area contributed by atoms with Crippen molar-refractivity contribution in [3.8, 4) is 17.2 Å². The first-order chi connectivity index (χ1) is 14.6. The minimum atomic E-state index is -0.274. The Morgan fingerprint density at radius 2 is 1.70 bits per heavy atom. The normalized spacial score (nSPS) is 18.6. The number of ether oxygens (including phenoxy) is 2. The highest BCUT2D eigenvalue weighted by Gasteiger charge is 2.28. The van der Waals surface area contributed by atoms with E-state index in [1.165, 1.54) is 0 Å². The lowest BCUT2D eigenvalue weighted by Crippen LogP contribution is -2.33. The van der Waals surface area contributed by atoms with Gasteiger partial charge in [-0.05, 0) is 47.5 Å². The Morgan fingerprint density at radius 1 is 0.967 bits per heavy atom. The molecule has 0 aliphatic carbocycles. The van der Waals surface area contributed by atoms with Crippen molar-refractivity contribution < 1.29 is 14.6 Å². The molecular formula is C24H23ClN2O3. The number of hydrogen-bond acceptors (Lipinski definition) is 5. The number of rotatable bonds is 5. The van der Waals surface area contributed by atoms with E-state index in [9.17, 15) is 5.11 Å². The van der Waals surface area contributed by atoms with Crippen molar-refractivity contribution in [2.75, 3.05) is 14.2 Å². The first-order valence-corrected chi connectivity index (χ1v) is 10.1. The van der Waals surface area contributed by atoms with Gasteiger partial charge in [-0.2, -0.15) is 0 Å². The average Bonchev–Trinajstić information content (AvgIpc) is 2.79. The minimum Gasteiger partial charge on any atom is -0.508 e. The van der Waals surface area contributed by atoms with E-state index in [4.69, 9.17) is 26.1 Å². The summed E-state index contributed by atoms with van der Waals surface area (Å²) < 4.78 is 10.8. The number of phenolic OH excluding ortho intramolecular Hbond substituents is 1. The van der Waals surface area contributed by atoms with Crippen LogP contribution in [0.2, 0.25) is 5.02 Å². The fourth-order valence-electron chi connectivity index (χ4n) is 3.69. The van der Waals surface area contributed by atoms with Crippen molar-refractivity contribution in [3.63, 3.8) is 0 Å². The van der Waals surface area contributed by atoms with E-state index in [2.05, 4.69) is 5.32 Å². The summed E-state index contributed by atoms with van der Waals surface area (Å²) in [7, 11) is 3.23. The summed E-state index contributed by atoms with van der Waals surface area (Å²) in [4.78, 5) is 4.97. The Labute approximate surface area is 180 Å². The van der Waals surface area contributed by atoms with Crippen LogP contribution in [0, 0.1) is 0 Å². The number of hydrogen-bond donors (Lipinski definition) is 2. The predicted octanol–water partition coefficient (Wildman–Crippen LogP) is 5.29. The molecule has 0 amide bonds. The smallest absolute Gasteiger partial charge is 0.161 e. The monoisotopic (exact) mass is 422 g/mol. The van der Waals surface area contributed by atoms with Crippen molar-refractivity contribution in [1.29, 1.82) is 0 Å². The van der Waals surface area contributed by atoms with Crippen LogP contribution < -0.4 is 14.8 Å². The zero-order chi connectivity index (χ0) is 21.1. The maximum atomic E-state index is 10.4. The second kappa shape index (κ2) is 8.78. The predicted molar refractivity (Wildman–Crippen MR) is 119 cm³/mol. The number of benzene rings is 3. The van der Waals surface area contributed by atoms with Gasteiger partial charge in [-0.15, -0.1) is 0 Å². The lowest BCUT2D eigenvalue weighted by molar-refractivity contribution is 0.355. The molecule has 0 unspecified atom stereocenters. The summed E-state index contributed by atoms with van der Waals surface area (Å²) in [5.74, 6) is 1.58. The first kappa shape index (κ1) is 20.3. The Kier molecular flexibility index (Phi) is 5.93. The molecule has 154 valence electrons. The molecule has 0 saturated heterocycles. The number of methoxy groups -OCH3 is 2. The van der Waals surface area contributed by atoms with Crippen LogP contribution in [0.15, 0.2) is 71.7 Å². The maximum Gasteiger partial charge on any atom is 0.161 e. The average molecular weight is 423 g/mol. The molecule has 1 heterocycles. The summed E-state index contributed by atoms with van der Waals surface area (Å²) in [6.45, 7) is 0. The van der Waals surface area contributed by atoms with E-state index in [0.29, 0.717) is 22.9 Å². The largest absolute Gasteiger partial charge is 0.508 e. The molecule has 4 rings (SSSR count). The molecular weight excluding hydrogens is 400 g/mol. The summed E-state index contributed by atoms with van der Waals surface area (Å²) in [6.07, 6.45) is 0.348. The third-order valence-electron chi connectivity index (χ3n) is 5.26. The van der Waals surface area contributed by atoms with Crippen molar-refractivity contribution in [2.45, 2.75) is 18.6 Å². The van der Waals surface area contributed by atoms with Crippen LogP contribution in [-0.4, -0.2) is 25.0 Å². The Hall–Kier alpha value is -3.02. The maximum absolute atomic E-state index is 10.4. The van der Waals surface area contributed by atoms with Crippen LogP contribution in [0.25, 0.3) is 0 Å². The molecule has 2 N–H and O–H groups in total. The lowest BCUT2D eigenvalue weighted by Gasteiger charge is -2.31. The topological polar surface area (TPSA) is 63.1 Å². The molecule has 1 aliphatic rings. The van der Waals surface area contributed by atoms with Crippen molar-refractivity contribution in [2.24, 2.45) is 4.99 Å². The van der Waals surface area contributed by atoms with Gasteiger partial charge in [0.1, 0.15) is 11.9 Å². The van der Waals surface area contributed by atoms with Gasteiger partial charge < -0.3 is 14.6 Å². The van der Waals surface area contributed by atoms with Crippen LogP contribution in [0.1, 0.15) is 35.3 Å². The van der Waals surface area contributed by atoms with Gasteiger partial charge in [0, 0.05) is 28.8 Å². The van der Waals surface area contributed by atoms with E-state index in [0.717, 1.165) is 22.4 Å². The second-order valence-electron chi connectivity index (χ2n) is 7.08. The number of para-hydroxylation sites is 1.